The molecule has 1 fully saturated rings. The number of carboxylic acid groups (broad SMARTS) is 1. The Kier molecular flexibility index (Phi) is 7.10. The Labute approximate surface area is 127 Å². The molecule has 1 heterocycles. The lowest BCUT2D eigenvalue weighted by molar-refractivity contribution is -0.142. The smallest absolute Gasteiger partial charge is 0.317 e. The van der Waals surface area contributed by atoms with Gasteiger partial charge in [0.2, 0.25) is 0 Å². The number of urea groups is 1. The van der Waals surface area contributed by atoms with Crippen LogP contribution >= 0.6 is 0 Å². The molecule has 1 saturated heterocycles. The van der Waals surface area contributed by atoms with Gasteiger partial charge in [-0.05, 0) is 13.3 Å². The van der Waals surface area contributed by atoms with Crippen molar-refractivity contribution in [2.45, 2.75) is 32.4 Å². The maximum atomic E-state index is 12.3. The third kappa shape index (κ3) is 5.28. The molecule has 2 amide bonds. The van der Waals surface area contributed by atoms with E-state index in [9.17, 15) is 18.9 Å². The molecule has 0 saturated carbocycles. The lowest BCUT2D eigenvalue weighted by atomic mass is 10.0. The normalized spacial score (nSPS) is 24.3. The molecule has 0 bridgehead atoms. The van der Waals surface area contributed by atoms with Crippen LogP contribution in [-0.4, -0.2) is 70.1 Å². The fourth-order valence-corrected chi connectivity index (χ4v) is 3.22. The van der Waals surface area contributed by atoms with E-state index in [2.05, 4.69) is 5.32 Å². The lowest BCUT2D eigenvalue weighted by Gasteiger charge is -2.31. The second kappa shape index (κ2) is 8.33. The topological polar surface area (TPSA) is 95.9 Å². The summed E-state index contributed by atoms with van der Waals surface area (Å²) in [5.74, 6) is -1.28. The van der Waals surface area contributed by atoms with Crippen LogP contribution in [0.15, 0.2) is 0 Å². The lowest BCUT2D eigenvalue weighted by Crippen LogP contribution is -2.53. The summed E-state index contributed by atoms with van der Waals surface area (Å²) >= 11 is 0. The molecule has 1 aliphatic rings. The number of hydrogen-bond acceptors (Lipinski definition) is 4. The van der Waals surface area contributed by atoms with Gasteiger partial charge in [-0.1, -0.05) is 6.92 Å². The number of ether oxygens (including phenoxy) is 1. The van der Waals surface area contributed by atoms with Crippen LogP contribution in [0.1, 0.15) is 20.3 Å². The van der Waals surface area contributed by atoms with Gasteiger partial charge < -0.3 is 20.1 Å². The molecule has 4 unspecified atom stereocenters. The minimum atomic E-state index is -0.997. The van der Waals surface area contributed by atoms with Crippen LogP contribution in [-0.2, 0) is 20.3 Å². The third-order valence-corrected chi connectivity index (χ3v) is 4.32. The molecule has 122 valence electrons. The zero-order valence-electron chi connectivity index (χ0n) is 12.7. The molecule has 1 rings (SSSR count). The molecule has 0 spiro atoms. The Morgan fingerprint density at radius 2 is 2.14 bits per heavy atom. The Morgan fingerprint density at radius 1 is 1.48 bits per heavy atom. The summed E-state index contributed by atoms with van der Waals surface area (Å²) in [6.45, 7) is 4.53. The summed E-state index contributed by atoms with van der Waals surface area (Å²) < 4.78 is 16.4. The van der Waals surface area contributed by atoms with Crippen molar-refractivity contribution in [2.24, 2.45) is 5.92 Å². The molecular formula is C13H24N2O5S. The van der Waals surface area contributed by atoms with Crippen molar-refractivity contribution in [1.29, 1.82) is 0 Å². The van der Waals surface area contributed by atoms with Gasteiger partial charge in [-0.3, -0.25) is 9.00 Å². The van der Waals surface area contributed by atoms with Gasteiger partial charge in [0.15, 0.2) is 0 Å². The summed E-state index contributed by atoms with van der Waals surface area (Å²) in [6.07, 6.45) is 2.31. The summed E-state index contributed by atoms with van der Waals surface area (Å²) in [5, 5.41) is 12.0. The first-order chi connectivity index (χ1) is 9.86. The average Bonchev–Trinajstić information content (AvgIpc) is 2.83. The first kappa shape index (κ1) is 17.9. The Bertz CT molecular complexity index is 404. The van der Waals surface area contributed by atoms with E-state index in [-0.39, 0.29) is 25.3 Å². The fraction of sp³-hybridized carbons (Fsp3) is 0.846. The maximum Gasteiger partial charge on any atom is 0.317 e. The maximum absolute atomic E-state index is 12.3. The number of carbonyl (C=O) groups excluding carboxylic acids is 1. The minimum absolute atomic E-state index is 0.127. The second-order valence-electron chi connectivity index (χ2n) is 5.33. The highest BCUT2D eigenvalue weighted by Gasteiger charge is 2.39. The predicted molar refractivity (Wildman–Crippen MR) is 79.7 cm³/mol. The molecular weight excluding hydrogens is 296 g/mol. The van der Waals surface area contributed by atoms with Crippen LogP contribution in [0, 0.1) is 5.92 Å². The number of carboxylic acids is 1. The molecule has 0 aromatic carbocycles. The SMILES string of the molecule is CCCN(C(=O)NC(C)CS(C)=O)C1COCC1C(=O)O. The number of aliphatic carboxylic acids is 1. The van der Waals surface area contributed by atoms with E-state index in [1.54, 1.807) is 13.2 Å². The van der Waals surface area contributed by atoms with Crippen molar-refractivity contribution in [1.82, 2.24) is 10.2 Å². The van der Waals surface area contributed by atoms with E-state index in [0.29, 0.717) is 12.3 Å². The van der Waals surface area contributed by atoms with Gasteiger partial charge in [-0.15, -0.1) is 0 Å². The van der Waals surface area contributed by atoms with Crippen LogP contribution < -0.4 is 5.32 Å². The highest BCUT2D eigenvalue weighted by Crippen LogP contribution is 2.20. The third-order valence-electron chi connectivity index (χ3n) is 3.35. The Balaban J connectivity index is 2.73. The number of hydrogen-bond donors (Lipinski definition) is 2. The van der Waals surface area contributed by atoms with E-state index in [1.807, 2.05) is 6.92 Å². The first-order valence-corrected chi connectivity index (χ1v) is 8.77. The van der Waals surface area contributed by atoms with Crippen molar-refractivity contribution in [3.05, 3.63) is 0 Å². The Hall–Kier alpha value is -1.15. The molecule has 4 atom stereocenters. The molecule has 0 radical (unpaired) electrons. The molecule has 0 aliphatic carbocycles. The largest absolute Gasteiger partial charge is 0.481 e. The summed E-state index contributed by atoms with van der Waals surface area (Å²) in [4.78, 5) is 25.1. The van der Waals surface area contributed by atoms with Crippen LogP contribution in [0.3, 0.4) is 0 Å². The summed E-state index contributed by atoms with van der Waals surface area (Å²) in [7, 11) is -0.997. The van der Waals surface area contributed by atoms with Gasteiger partial charge in [0.05, 0.1) is 19.3 Å². The van der Waals surface area contributed by atoms with Gasteiger partial charge in [-0.2, -0.15) is 0 Å². The molecule has 7 nitrogen and oxygen atoms in total. The van der Waals surface area contributed by atoms with Crippen LogP contribution in [0.25, 0.3) is 0 Å². The summed E-state index contributed by atoms with van der Waals surface area (Å²) in [5.41, 5.74) is 0. The fourth-order valence-electron chi connectivity index (χ4n) is 2.43. The molecule has 21 heavy (non-hydrogen) atoms. The molecule has 2 N–H and O–H groups in total. The van der Waals surface area contributed by atoms with E-state index in [1.165, 1.54) is 4.90 Å². The number of nitrogens with one attached hydrogen (secondary N) is 1. The monoisotopic (exact) mass is 320 g/mol. The van der Waals surface area contributed by atoms with E-state index in [0.717, 1.165) is 6.42 Å². The van der Waals surface area contributed by atoms with Crippen molar-refractivity contribution in [3.63, 3.8) is 0 Å². The van der Waals surface area contributed by atoms with Gasteiger partial charge >= 0.3 is 12.0 Å². The van der Waals surface area contributed by atoms with Crippen LogP contribution in [0.2, 0.25) is 0 Å². The highest BCUT2D eigenvalue weighted by atomic mass is 32.2. The van der Waals surface area contributed by atoms with E-state index >= 15 is 0 Å². The zero-order valence-corrected chi connectivity index (χ0v) is 13.5. The number of carbonyl (C=O) groups is 2. The number of rotatable bonds is 7. The summed E-state index contributed by atoms with van der Waals surface area (Å²) in [6, 6.07) is -1.01. The quantitative estimate of drug-likeness (QED) is 0.702. The van der Waals surface area contributed by atoms with Crippen molar-refractivity contribution in [2.75, 3.05) is 31.8 Å². The van der Waals surface area contributed by atoms with Crippen molar-refractivity contribution in [3.8, 4) is 0 Å². The molecule has 0 aromatic heterocycles. The average molecular weight is 320 g/mol. The van der Waals surface area contributed by atoms with E-state index in [4.69, 9.17) is 4.74 Å². The molecule has 1 aliphatic heterocycles. The Morgan fingerprint density at radius 3 is 2.67 bits per heavy atom. The standard InChI is InChI=1S/C13H24N2O5S/c1-4-5-15(11-7-20-6-10(11)12(16)17)13(18)14-9(2)8-21(3)19/h9-11H,4-8H2,1-3H3,(H,14,18)(H,16,17). The van der Waals surface area contributed by atoms with Crippen LogP contribution in [0.4, 0.5) is 4.79 Å². The molecule has 0 aromatic rings. The van der Waals surface area contributed by atoms with Gasteiger partial charge in [0.25, 0.3) is 0 Å². The second-order valence-corrected chi connectivity index (χ2v) is 6.81. The van der Waals surface area contributed by atoms with Gasteiger partial charge in [0, 0.05) is 35.4 Å². The predicted octanol–water partition coefficient (Wildman–Crippen LogP) is 0.275. The molecule has 8 heteroatoms. The zero-order chi connectivity index (χ0) is 16.0. The highest BCUT2D eigenvalue weighted by molar-refractivity contribution is 7.84. The van der Waals surface area contributed by atoms with Gasteiger partial charge in [-0.25, -0.2) is 4.79 Å². The van der Waals surface area contributed by atoms with Crippen molar-refractivity contribution < 1.29 is 23.6 Å². The first-order valence-electron chi connectivity index (χ1n) is 7.04. The van der Waals surface area contributed by atoms with Crippen LogP contribution in [0.5, 0.6) is 0 Å². The number of amides is 2. The van der Waals surface area contributed by atoms with Crippen molar-refractivity contribution >= 4 is 22.8 Å². The van der Waals surface area contributed by atoms with Gasteiger partial charge in [0.1, 0.15) is 5.92 Å². The van der Waals surface area contributed by atoms with E-state index < -0.39 is 28.7 Å². The minimum Gasteiger partial charge on any atom is -0.481 e. The number of nitrogens with zero attached hydrogens (tertiary/aromatic N) is 1.